The Morgan fingerprint density at radius 2 is 2.20 bits per heavy atom. The van der Waals surface area contributed by atoms with Crippen molar-refractivity contribution in [3.8, 4) is 0 Å². The van der Waals surface area contributed by atoms with Crippen LogP contribution in [-0.4, -0.2) is 19.6 Å². The first kappa shape index (κ1) is 12.7. The molecule has 2 heteroatoms. The van der Waals surface area contributed by atoms with Gasteiger partial charge in [0.15, 0.2) is 0 Å². The Morgan fingerprint density at radius 1 is 1.25 bits per heavy atom. The van der Waals surface area contributed by atoms with E-state index in [-0.39, 0.29) is 0 Å². The van der Waals surface area contributed by atoms with Crippen molar-refractivity contribution >= 4 is 5.69 Å². The first-order valence-corrected chi connectivity index (χ1v) is 8.36. The predicted octanol–water partition coefficient (Wildman–Crippen LogP) is 3.35. The van der Waals surface area contributed by atoms with Crippen LogP contribution in [0.25, 0.3) is 0 Å². The van der Waals surface area contributed by atoms with E-state index in [1.807, 2.05) is 0 Å². The molecule has 2 saturated carbocycles. The Morgan fingerprint density at radius 3 is 3.00 bits per heavy atom. The standard InChI is InChI=1S/C18H26N2/c1-20-8-2-3-16-10-14(5-7-18(16)20)12-19-17-11-13-4-6-15(17)9-13/h5,7,10,13,15,17,19H,2-4,6,8-9,11-12H2,1H3. The van der Waals surface area contributed by atoms with Crippen LogP contribution in [0.4, 0.5) is 5.69 Å². The summed E-state index contributed by atoms with van der Waals surface area (Å²) in [6.45, 7) is 2.26. The van der Waals surface area contributed by atoms with Crippen molar-refractivity contribution in [1.29, 1.82) is 0 Å². The van der Waals surface area contributed by atoms with E-state index in [2.05, 4.69) is 35.5 Å². The predicted molar refractivity (Wildman–Crippen MR) is 84.1 cm³/mol. The SMILES string of the molecule is CN1CCCc2cc(CNC3CC4CCC3C4)ccc21. The molecule has 0 spiro atoms. The molecule has 1 heterocycles. The monoisotopic (exact) mass is 270 g/mol. The van der Waals surface area contributed by atoms with Gasteiger partial charge in [-0.15, -0.1) is 0 Å². The molecule has 3 atom stereocenters. The summed E-state index contributed by atoms with van der Waals surface area (Å²) in [5.74, 6) is 2.01. The van der Waals surface area contributed by atoms with Crippen LogP contribution in [-0.2, 0) is 13.0 Å². The van der Waals surface area contributed by atoms with Gasteiger partial charge in [0.05, 0.1) is 0 Å². The summed E-state index contributed by atoms with van der Waals surface area (Å²) in [5.41, 5.74) is 4.47. The zero-order valence-corrected chi connectivity index (χ0v) is 12.6. The molecular formula is C18H26N2. The van der Waals surface area contributed by atoms with E-state index >= 15 is 0 Å². The number of nitrogens with zero attached hydrogens (tertiary/aromatic N) is 1. The molecule has 2 fully saturated rings. The Labute approximate surface area is 122 Å². The summed E-state index contributed by atoms with van der Waals surface area (Å²) in [4.78, 5) is 2.39. The molecule has 0 saturated heterocycles. The highest BCUT2D eigenvalue weighted by molar-refractivity contribution is 5.56. The van der Waals surface area contributed by atoms with Crippen LogP contribution in [0.15, 0.2) is 18.2 Å². The van der Waals surface area contributed by atoms with Gasteiger partial charge in [0, 0.05) is 31.9 Å². The lowest BCUT2D eigenvalue weighted by atomic mass is 9.95. The number of hydrogen-bond donors (Lipinski definition) is 1. The first-order chi connectivity index (χ1) is 9.79. The molecule has 1 aromatic rings. The van der Waals surface area contributed by atoms with E-state index in [9.17, 15) is 0 Å². The molecule has 2 nitrogen and oxygen atoms in total. The molecule has 4 rings (SSSR count). The molecule has 0 amide bonds. The number of nitrogens with one attached hydrogen (secondary N) is 1. The summed E-state index contributed by atoms with van der Waals surface area (Å²) < 4.78 is 0. The largest absolute Gasteiger partial charge is 0.374 e. The summed E-state index contributed by atoms with van der Waals surface area (Å²) in [6.07, 6.45) is 8.44. The van der Waals surface area contributed by atoms with Crippen molar-refractivity contribution in [2.45, 2.75) is 51.1 Å². The molecule has 3 unspecified atom stereocenters. The lowest BCUT2D eigenvalue weighted by Crippen LogP contribution is -2.33. The molecule has 0 radical (unpaired) electrons. The van der Waals surface area contributed by atoms with Crippen molar-refractivity contribution in [2.75, 3.05) is 18.5 Å². The van der Waals surface area contributed by atoms with Crippen LogP contribution < -0.4 is 10.2 Å². The van der Waals surface area contributed by atoms with Crippen molar-refractivity contribution < 1.29 is 0 Å². The van der Waals surface area contributed by atoms with Gasteiger partial charge in [-0.1, -0.05) is 18.6 Å². The highest BCUT2D eigenvalue weighted by Gasteiger charge is 2.38. The van der Waals surface area contributed by atoms with Crippen molar-refractivity contribution in [1.82, 2.24) is 5.32 Å². The molecule has 2 bridgehead atoms. The fraction of sp³-hybridized carbons (Fsp3) is 0.667. The van der Waals surface area contributed by atoms with Gasteiger partial charge in [-0.05, 0) is 61.1 Å². The topological polar surface area (TPSA) is 15.3 Å². The summed E-state index contributed by atoms with van der Waals surface area (Å²) in [5, 5.41) is 3.83. The third kappa shape index (κ3) is 2.24. The normalized spacial score (nSPS) is 31.6. The maximum absolute atomic E-state index is 3.83. The minimum atomic E-state index is 0.799. The molecular weight excluding hydrogens is 244 g/mol. The van der Waals surface area contributed by atoms with E-state index in [4.69, 9.17) is 0 Å². The smallest absolute Gasteiger partial charge is 0.0396 e. The van der Waals surface area contributed by atoms with E-state index in [1.54, 1.807) is 5.56 Å². The van der Waals surface area contributed by atoms with Gasteiger partial charge >= 0.3 is 0 Å². The van der Waals surface area contributed by atoms with Crippen LogP contribution in [0.1, 0.15) is 43.2 Å². The second kappa shape index (κ2) is 5.07. The first-order valence-electron chi connectivity index (χ1n) is 8.36. The lowest BCUT2D eigenvalue weighted by molar-refractivity contribution is 0.350. The molecule has 2 aliphatic carbocycles. The molecule has 1 aliphatic heterocycles. The van der Waals surface area contributed by atoms with Crippen molar-refractivity contribution in [3.05, 3.63) is 29.3 Å². The van der Waals surface area contributed by atoms with Crippen LogP contribution in [0.5, 0.6) is 0 Å². The average Bonchev–Trinajstić information content (AvgIpc) is 3.08. The molecule has 20 heavy (non-hydrogen) atoms. The second-order valence-electron chi connectivity index (χ2n) is 7.15. The lowest BCUT2D eigenvalue weighted by Gasteiger charge is -2.28. The van der Waals surface area contributed by atoms with Gasteiger partial charge in [0.25, 0.3) is 0 Å². The highest BCUT2D eigenvalue weighted by Crippen LogP contribution is 2.44. The second-order valence-corrected chi connectivity index (χ2v) is 7.15. The van der Waals surface area contributed by atoms with Crippen molar-refractivity contribution in [2.24, 2.45) is 11.8 Å². The molecule has 108 valence electrons. The minimum Gasteiger partial charge on any atom is -0.374 e. The minimum absolute atomic E-state index is 0.799. The maximum Gasteiger partial charge on any atom is 0.0396 e. The summed E-state index contributed by atoms with van der Waals surface area (Å²) in [7, 11) is 2.21. The molecule has 0 aromatic heterocycles. The number of benzene rings is 1. The quantitative estimate of drug-likeness (QED) is 0.906. The summed E-state index contributed by atoms with van der Waals surface area (Å²) in [6, 6.07) is 7.88. The zero-order valence-electron chi connectivity index (χ0n) is 12.6. The third-order valence-electron chi connectivity index (χ3n) is 5.80. The number of fused-ring (bicyclic) bond motifs is 3. The third-order valence-corrected chi connectivity index (χ3v) is 5.80. The van der Waals surface area contributed by atoms with Gasteiger partial charge in [-0.3, -0.25) is 0 Å². The number of aryl methyl sites for hydroxylation is 1. The average molecular weight is 270 g/mol. The van der Waals surface area contributed by atoms with E-state index in [0.717, 1.165) is 24.4 Å². The van der Waals surface area contributed by atoms with Gasteiger partial charge in [-0.2, -0.15) is 0 Å². The van der Waals surface area contributed by atoms with Crippen LogP contribution >= 0.6 is 0 Å². The number of anilines is 1. The van der Waals surface area contributed by atoms with Gasteiger partial charge in [0.2, 0.25) is 0 Å². The van der Waals surface area contributed by atoms with Crippen LogP contribution in [0.2, 0.25) is 0 Å². The fourth-order valence-corrected chi connectivity index (χ4v) is 4.69. The van der Waals surface area contributed by atoms with Gasteiger partial charge < -0.3 is 10.2 Å². The van der Waals surface area contributed by atoms with Crippen LogP contribution in [0.3, 0.4) is 0 Å². The molecule has 1 aromatic carbocycles. The highest BCUT2D eigenvalue weighted by atomic mass is 15.1. The molecule has 1 N–H and O–H groups in total. The van der Waals surface area contributed by atoms with Crippen molar-refractivity contribution in [3.63, 3.8) is 0 Å². The Hall–Kier alpha value is -1.02. The van der Waals surface area contributed by atoms with E-state index in [0.29, 0.717) is 0 Å². The Bertz CT molecular complexity index is 496. The van der Waals surface area contributed by atoms with Gasteiger partial charge in [0.1, 0.15) is 0 Å². The van der Waals surface area contributed by atoms with E-state index in [1.165, 1.54) is 56.3 Å². The summed E-state index contributed by atoms with van der Waals surface area (Å²) >= 11 is 0. The Balaban J connectivity index is 1.42. The maximum atomic E-state index is 3.83. The zero-order chi connectivity index (χ0) is 13.5. The van der Waals surface area contributed by atoms with Gasteiger partial charge in [-0.25, -0.2) is 0 Å². The fourth-order valence-electron chi connectivity index (χ4n) is 4.69. The molecule has 3 aliphatic rings. The number of rotatable bonds is 3. The Kier molecular flexibility index (Phi) is 3.22. The van der Waals surface area contributed by atoms with Crippen LogP contribution in [0, 0.1) is 11.8 Å². The number of hydrogen-bond acceptors (Lipinski definition) is 2. The van der Waals surface area contributed by atoms with E-state index < -0.39 is 0 Å².